The highest BCUT2D eigenvalue weighted by atomic mass is 16.1. The Morgan fingerprint density at radius 3 is 2.42 bits per heavy atom. The van der Waals surface area contributed by atoms with Gasteiger partial charge in [0.05, 0.1) is 5.57 Å². The number of carbonyl (C=O) groups excluding carboxylic acids is 2. The van der Waals surface area contributed by atoms with Gasteiger partial charge in [0, 0.05) is 18.8 Å². The van der Waals surface area contributed by atoms with Gasteiger partial charge in [-0.1, -0.05) is 13.8 Å². The van der Waals surface area contributed by atoms with E-state index in [4.69, 9.17) is 0 Å². The molecule has 3 nitrogen and oxygen atoms in total. The maximum absolute atomic E-state index is 11.6. The van der Waals surface area contributed by atoms with Crippen molar-refractivity contribution in [2.24, 2.45) is 5.41 Å². The molecule has 1 saturated heterocycles. The van der Waals surface area contributed by atoms with Gasteiger partial charge in [-0.15, -0.1) is 0 Å². The Morgan fingerprint density at radius 1 is 1.26 bits per heavy atom. The van der Waals surface area contributed by atoms with Crippen LogP contribution >= 0.6 is 0 Å². The minimum absolute atomic E-state index is 0.117. The van der Waals surface area contributed by atoms with Gasteiger partial charge in [0.15, 0.2) is 12.1 Å². The molecule has 0 aromatic rings. The number of hydrogen-bond acceptors (Lipinski definition) is 3. The molecule has 0 saturated carbocycles. The molecule has 0 N–H and O–H groups in total. The molecule has 0 bridgehead atoms. The lowest BCUT2D eigenvalue weighted by Crippen LogP contribution is -2.28. The van der Waals surface area contributed by atoms with E-state index in [0.717, 1.165) is 37.8 Å². The Morgan fingerprint density at radius 2 is 1.89 bits per heavy atom. The molecule has 0 spiro atoms. The third kappa shape index (κ3) is 3.14. The predicted molar refractivity (Wildman–Crippen MR) is 75.7 cm³/mol. The first kappa shape index (κ1) is 14.0. The van der Waals surface area contributed by atoms with E-state index < -0.39 is 0 Å². The molecule has 0 radical (unpaired) electrons. The van der Waals surface area contributed by atoms with Gasteiger partial charge < -0.3 is 4.90 Å². The van der Waals surface area contributed by atoms with Gasteiger partial charge in [-0.25, -0.2) is 0 Å². The van der Waals surface area contributed by atoms with Crippen molar-refractivity contribution in [2.75, 3.05) is 13.1 Å². The number of likely N-dealkylation sites (tertiary alicyclic amines) is 1. The minimum Gasteiger partial charge on any atom is -0.375 e. The van der Waals surface area contributed by atoms with Crippen molar-refractivity contribution in [3.05, 3.63) is 22.9 Å². The van der Waals surface area contributed by atoms with E-state index in [-0.39, 0.29) is 11.2 Å². The van der Waals surface area contributed by atoms with E-state index in [1.165, 1.54) is 25.5 Å². The zero-order valence-corrected chi connectivity index (χ0v) is 12.2. The second-order valence-corrected chi connectivity index (χ2v) is 6.46. The number of ketones is 1. The Bertz CT molecular complexity index is 451. The fourth-order valence-corrected chi connectivity index (χ4v) is 3.14. The number of Topliss-reactive ketones (excluding diaryl/α,β-unsaturated/α-hetero) is 1. The van der Waals surface area contributed by atoms with Crippen molar-refractivity contribution in [2.45, 2.75) is 46.5 Å². The molecule has 2 rings (SSSR count). The van der Waals surface area contributed by atoms with E-state index >= 15 is 0 Å². The second-order valence-electron chi connectivity index (χ2n) is 6.46. The number of aldehydes is 1. The molecule has 1 aliphatic heterocycles. The molecular weight excluding hydrogens is 238 g/mol. The summed E-state index contributed by atoms with van der Waals surface area (Å²) in [5.74, 6) is -0.125. The Kier molecular flexibility index (Phi) is 3.93. The van der Waals surface area contributed by atoms with Crippen LogP contribution in [0.25, 0.3) is 0 Å². The van der Waals surface area contributed by atoms with Crippen molar-refractivity contribution in [3.63, 3.8) is 0 Å². The van der Waals surface area contributed by atoms with E-state index in [1.54, 1.807) is 0 Å². The van der Waals surface area contributed by atoms with Gasteiger partial charge in [-0.2, -0.15) is 0 Å². The largest absolute Gasteiger partial charge is 0.375 e. The molecule has 1 fully saturated rings. The molecule has 0 unspecified atom stereocenters. The highest BCUT2D eigenvalue weighted by molar-refractivity contribution is 6.11. The fraction of sp³-hybridized carbons (Fsp3) is 0.625. The van der Waals surface area contributed by atoms with Crippen LogP contribution in [0.1, 0.15) is 46.5 Å². The summed E-state index contributed by atoms with van der Waals surface area (Å²) >= 11 is 0. The Balaban J connectivity index is 2.40. The maximum Gasteiger partial charge on any atom is 0.163 e. The van der Waals surface area contributed by atoms with Gasteiger partial charge in [0.2, 0.25) is 0 Å². The molecule has 19 heavy (non-hydrogen) atoms. The van der Waals surface area contributed by atoms with Crippen LogP contribution < -0.4 is 0 Å². The van der Waals surface area contributed by atoms with Crippen LogP contribution in [0.2, 0.25) is 0 Å². The van der Waals surface area contributed by atoms with E-state index in [1.807, 2.05) is 0 Å². The first-order chi connectivity index (χ1) is 8.93. The fourth-order valence-electron chi connectivity index (χ4n) is 3.14. The number of nitrogens with zero attached hydrogens (tertiary/aromatic N) is 1. The number of rotatable bonds is 3. The maximum atomic E-state index is 11.6. The molecule has 1 heterocycles. The summed E-state index contributed by atoms with van der Waals surface area (Å²) in [7, 11) is 0. The van der Waals surface area contributed by atoms with E-state index in [2.05, 4.69) is 24.8 Å². The lowest BCUT2D eigenvalue weighted by molar-refractivity contribution is -0.116. The normalized spacial score (nSPS) is 25.0. The summed E-state index contributed by atoms with van der Waals surface area (Å²) in [6.45, 7) is 8.09. The Labute approximate surface area is 115 Å². The molecule has 0 amide bonds. The summed E-state index contributed by atoms with van der Waals surface area (Å²) in [5, 5.41) is 0. The van der Waals surface area contributed by atoms with Crippen molar-refractivity contribution in [1.82, 2.24) is 4.90 Å². The lowest BCUT2D eigenvalue weighted by atomic mass is 9.75. The van der Waals surface area contributed by atoms with Crippen molar-refractivity contribution in [3.8, 4) is 0 Å². The van der Waals surface area contributed by atoms with Crippen LogP contribution in [0, 0.1) is 5.41 Å². The number of hydrogen-bond donors (Lipinski definition) is 0. The molecule has 2 aliphatic rings. The van der Waals surface area contributed by atoms with Crippen LogP contribution in [0.5, 0.6) is 0 Å². The van der Waals surface area contributed by atoms with Crippen LogP contribution in [0.4, 0.5) is 0 Å². The highest BCUT2D eigenvalue weighted by Gasteiger charge is 2.30. The average Bonchev–Trinajstić information content (AvgIpc) is 2.80. The van der Waals surface area contributed by atoms with Gasteiger partial charge in [-0.05, 0) is 49.7 Å². The Hall–Kier alpha value is -1.38. The van der Waals surface area contributed by atoms with E-state index in [0.29, 0.717) is 5.57 Å². The molecule has 104 valence electrons. The molecule has 3 heteroatoms. The van der Waals surface area contributed by atoms with Gasteiger partial charge >= 0.3 is 0 Å². The van der Waals surface area contributed by atoms with Gasteiger partial charge in [-0.3, -0.25) is 9.59 Å². The quantitative estimate of drug-likeness (QED) is 0.339. The third-order valence-electron chi connectivity index (χ3n) is 4.02. The third-order valence-corrected chi connectivity index (χ3v) is 4.02. The summed E-state index contributed by atoms with van der Waals surface area (Å²) in [6, 6.07) is 0. The zero-order valence-electron chi connectivity index (χ0n) is 12.2. The van der Waals surface area contributed by atoms with Crippen LogP contribution in [-0.2, 0) is 9.59 Å². The van der Waals surface area contributed by atoms with Crippen LogP contribution in [0.15, 0.2) is 22.9 Å². The number of carbonyl (C=O) groups is 2. The average molecular weight is 261 g/mol. The van der Waals surface area contributed by atoms with Crippen LogP contribution in [0.3, 0.4) is 0 Å². The van der Waals surface area contributed by atoms with E-state index in [9.17, 15) is 9.59 Å². The topological polar surface area (TPSA) is 37.4 Å². The van der Waals surface area contributed by atoms with Crippen molar-refractivity contribution in [1.29, 1.82) is 0 Å². The first-order valence-corrected chi connectivity index (χ1v) is 7.08. The minimum atomic E-state index is -0.125. The molecular formula is C16H23NO2. The summed E-state index contributed by atoms with van der Waals surface area (Å²) in [6.07, 6.45) is 7.12. The lowest BCUT2D eigenvalue weighted by Gasteiger charge is -2.36. The molecule has 0 aromatic carbocycles. The van der Waals surface area contributed by atoms with Crippen LogP contribution in [-0.4, -0.2) is 30.1 Å². The molecule has 1 aliphatic carbocycles. The second kappa shape index (κ2) is 5.32. The predicted octanol–water partition coefficient (Wildman–Crippen LogP) is 2.87. The summed E-state index contributed by atoms with van der Waals surface area (Å²) < 4.78 is 0. The SMILES string of the molecule is CC(=O)/C(C=O)=C1\C=C(N2CCCC2)CC(C)(C)C1. The monoisotopic (exact) mass is 261 g/mol. The highest BCUT2D eigenvalue weighted by Crippen LogP contribution is 2.40. The standard InChI is InChI=1S/C16H23NO2/c1-12(19)15(11-18)13-8-14(10-16(2,3)9-13)17-6-4-5-7-17/h8,11H,4-7,9-10H2,1-3H3/b15-13+. The van der Waals surface area contributed by atoms with Gasteiger partial charge in [0.1, 0.15) is 0 Å². The zero-order chi connectivity index (χ0) is 14.0. The van der Waals surface area contributed by atoms with Crippen molar-refractivity contribution < 1.29 is 9.59 Å². The molecule has 0 atom stereocenters. The smallest absolute Gasteiger partial charge is 0.163 e. The molecule has 0 aromatic heterocycles. The number of allylic oxidation sites excluding steroid dienone is 4. The first-order valence-electron chi connectivity index (χ1n) is 7.08. The van der Waals surface area contributed by atoms with Crippen molar-refractivity contribution >= 4 is 12.1 Å². The summed E-state index contributed by atoms with van der Waals surface area (Å²) in [4.78, 5) is 25.2. The van der Waals surface area contributed by atoms with Gasteiger partial charge in [0.25, 0.3) is 0 Å². The summed E-state index contributed by atoms with van der Waals surface area (Å²) in [5.41, 5.74) is 2.68.